The maximum Gasteiger partial charge on any atom is 0.393 e. The quantitative estimate of drug-likeness (QED) is 0.440. The summed E-state index contributed by atoms with van der Waals surface area (Å²) in [5, 5.41) is 0. The smallest absolute Gasteiger partial charge is 0.393 e. The Morgan fingerprint density at radius 2 is 1.74 bits per heavy atom. The molecule has 0 radical (unpaired) electrons. The highest BCUT2D eigenvalue weighted by Gasteiger charge is 2.42. The number of carbonyl (C=O) groups is 1. The molecule has 0 N–H and O–H groups in total. The van der Waals surface area contributed by atoms with Crippen molar-refractivity contribution in [2.75, 3.05) is 26.2 Å². The topological polar surface area (TPSA) is 26.3 Å². The molecule has 0 aromatic heterocycles. The third-order valence-electron chi connectivity index (χ3n) is 4.25. The number of rotatable bonds is 1. The van der Waals surface area contributed by atoms with Crippen molar-refractivity contribution in [1.82, 2.24) is 0 Å². The number of quaternary nitrogens is 1. The summed E-state index contributed by atoms with van der Waals surface area (Å²) < 4.78 is 6.09. The lowest BCUT2D eigenvalue weighted by Gasteiger charge is -2.43. The van der Waals surface area contributed by atoms with E-state index in [-0.39, 0.29) is 5.97 Å². The molecule has 0 atom stereocenters. The summed E-state index contributed by atoms with van der Waals surface area (Å²) in [6, 6.07) is 10.1. The predicted molar refractivity (Wildman–Crippen MR) is 74.1 cm³/mol. The summed E-state index contributed by atoms with van der Waals surface area (Å²) in [4.78, 5) is 12.2. The zero-order valence-electron chi connectivity index (χ0n) is 11.2. The molecule has 2 heterocycles. The third-order valence-corrected chi connectivity index (χ3v) is 4.25. The molecule has 1 aromatic carbocycles. The van der Waals surface area contributed by atoms with Crippen LogP contribution in [0.15, 0.2) is 36.0 Å². The largest absolute Gasteiger partial charge is 0.452 e. The van der Waals surface area contributed by atoms with Crippen LogP contribution in [0.2, 0.25) is 0 Å². The van der Waals surface area contributed by atoms with Crippen LogP contribution in [0, 0.1) is 0 Å². The molecule has 3 heteroatoms. The summed E-state index contributed by atoms with van der Waals surface area (Å²) in [7, 11) is 0. The highest BCUT2D eigenvalue weighted by Crippen LogP contribution is 2.30. The van der Waals surface area contributed by atoms with Crippen LogP contribution in [-0.2, 0) is 9.53 Å². The molecule has 3 nitrogen and oxygen atoms in total. The van der Waals surface area contributed by atoms with Gasteiger partial charge in [-0.2, -0.15) is 0 Å². The Kier molecular flexibility index (Phi) is 3.38. The predicted octanol–water partition coefficient (Wildman–Crippen LogP) is 2.59. The van der Waals surface area contributed by atoms with E-state index in [0.29, 0.717) is 6.61 Å². The lowest BCUT2D eigenvalue weighted by molar-refractivity contribution is -0.896. The summed E-state index contributed by atoms with van der Waals surface area (Å²) in [5.74, 6) is -0.128. The summed E-state index contributed by atoms with van der Waals surface area (Å²) >= 11 is 0. The van der Waals surface area contributed by atoms with Crippen molar-refractivity contribution >= 4 is 12.0 Å². The Balaban J connectivity index is 1.98. The van der Waals surface area contributed by atoms with Gasteiger partial charge < -0.3 is 4.74 Å². The van der Waals surface area contributed by atoms with Crippen LogP contribution < -0.4 is 0 Å². The SMILES string of the molecule is O=C1OCC[N+]2(CCCCC2)C1=Cc1ccccc1. The first kappa shape index (κ1) is 12.4. The Bertz CT molecular complexity index is 481. The van der Waals surface area contributed by atoms with Gasteiger partial charge in [0.2, 0.25) is 5.70 Å². The fraction of sp³-hybridized carbons (Fsp3) is 0.438. The molecule has 1 spiro atoms. The average molecular weight is 258 g/mol. The van der Waals surface area contributed by atoms with E-state index < -0.39 is 0 Å². The van der Waals surface area contributed by atoms with E-state index in [9.17, 15) is 4.79 Å². The number of morpholine rings is 1. The molecule has 2 fully saturated rings. The van der Waals surface area contributed by atoms with E-state index in [2.05, 4.69) is 0 Å². The highest BCUT2D eigenvalue weighted by atomic mass is 16.5. The van der Waals surface area contributed by atoms with Crippen molar-refractivity contribution in [2.45, 2.75) is 19.3 Å². The second-order valence-electron chi connectivity index (χ2n) is 5.45. The lowest BCUT2D eigenvalue weighted by Crippen LogP contribution is -2.57. The van der Waals surface area contributed by atoms with E-state index in [1.807, 2.05) is 36.4 Å². The number of benzene rings is 1. The van der Waals surface area contributed by atoms with Crippen molar-refractivity contribution in [3.63, 3.8) is 0 Å². The van der Waals surface area contributed by atoms with Gasteiger partial charge in [-0.15, -0.1) is 0 Å². The fourth-order valence-electron chi connectivity index (χ4n) is 3.19. The van der Waals surface area contributed by atoms with Gasteiger partial charge in [-0.1, -0.05) is 30.3 Å². The van der Waals surface area contributed by atoms with Crippen LogP contribution >= 0.6 is 0 Å². The first-order chi connectivity index (χ1) is 9.30. The number of nitrogens with zero attached hydrogens (tertiary/aromatic N) is 1. The van der Waals surface area contributed by atoms with Crippen molar-refractivity contribution in [3.8, 4) is 0 Å². The number of hydrogen-bond acceptors (Lipinski definition) is 2. The zero-order chi connectivity index (χ0) is 13.1. The number of piperidine rings is 1. The van der Waals surface area contributed by atoms with Gasteiger partial charge in [0.25, 0.3) is 0 Å². The van der Waals surface area contributed by atoms with Crippen LogP contribution in [0.4, 0.5) is 0 Å². The summed E-state index contributed by atoms with van der Waals surface area (Å²) in [6.07, 6.45) is 5.72. The maximum absolute atomic E-state index is 12.2. The van der Waals surface area contributed by atoms with Crippen LogP contribution in [0.5, 0.6) is 0 Å². The van der Waals surface area contributed by atoms with E-state index in [1.165, 1.54) is 19.3 Å². The molecule has 0 saturated carbocycles. The molecular weight excluding hydrogens is 238 g/mol. The van der Waals surface area contributed by atoms with Gasteiger partial charge >= 0.3 is 5.97 Å². The number of esters is 1. The van der Waals surface area contributed by atoms with Crippen molar-refractivity contribution in [3.05, 3.63) is 41.6 Å². The van der Waals surface area contributed by atoms with Gasteiger partial charge in [0.05, 0.1) is 13.1 Å². The number of cyclic esters (lactones) is 1. The molecule has 0 amide bonds. The first-order valence-electron chi connectivity index (χ1n) is 7.11. The van der Waals surface area contributed by atoms with Crippen LogP contribution in [0.3, 0.4) is 0 Å². The monoisotopic (exact) mass is 258 g/mol. The van der Waals surface area contributed by atoms with Crippen molar-refractivity contribution in [1.29, 1.82) is 0 Å². The standard InChI is InChI=1S/C16H20NO2/c18-16-15(13-14-7-3-1-4-8-14)17(11-12-19-16)9-5-2-6-10-17/h1,3-4,7-8,13H,2,5-6,9-12H2/q+1. The van der Waals surface area contributed by atoms with Gasteiger partial charge in [-0.05, 0) is 24.8 Å². The van der Waals surface area contributed by atoms with E-state index in [4.69, 9.17) is 4.74 Å². The van der Waals surface area contributed by atoms with Crippen molar-refractivity contribution in [2.24, 2.45) is 0 Å². The van der Waals surface area contributed by atoms with Crippen LogP contribution in [0.25, 0.3) is 6.08 Å². The normalized spacial score (nSPS) is 24.4. The van der Waals surface area contributed by atoms with E-state index in [1.54, 1.807) is 0 Å². The number of ether oxygens (including phenoxy) is 1. The van der Waals surface area contributed by atoms with Gasteiger partial charge in [-0.3, -0.25) is 4.48 Å². The molecular formula is C16H20NO2+. The van der Waals surface area contributed by atoms with Crippen molar-refractivity contribution < 1.29 is 14.0 Å². The Hall–Kier alpha value is -1.61. The summed E-state index contributed by atoms with van der Waals surface area (Å²) in [5.41, 5.74) is 1.93. The Labute approximate surface area is 114 Å². The molecule has 100 valence electrons. The van der Waals surface area contributed by atoms with Gasteiger partial charge in [0.15, 0.2) is 0 Å². The minimum Gasteiger partial charge on any atom is -0.452 e. The van der Waals surface area contributed by atoms with Gasteiger partial charge in [0, 0.05) is 6.08 Å². The van der Waals surface area contributed by atoms with Gasteiger partial charge in [-0.25, -0.2) is 4.79 Å². The molecule has 1 aromatic rings. The first-order valence-corrected chi connectivity index (χ1v) is 7.11. The molecule has 2 saturated heterocycles. The minimum absolute atomic E-state index is 0.128. The number of carbonyl (C=O) groups excluding carboxylic acids is 1. The molecule has 0 bridgehead atoms. The van der Waals surface area contributed by atoms with Gasteiger partial charge in [0.1, 0.15) is 13.2 Å². The zero-order valence-corrected chi connectivity index (χ0v) is 11.2. The third kappa shape index (κ3) is 2.43. The summed E-state index contributed by atoms with van der Waals surface area (Å²) in [6.45, 7) is 3.65. The number of hydrogen-bond donors (Lipinski definition) is 0. The average Bonchev–Trinajstić information content (AvgIpc) is 2.45. The molecule has 3 rings (SSSR count). The lowest BCUT2D eigenvalue weighted by atomic mass is 10.0. The molecule has 0 aliphatic carbocycles. The molecule has 2 aliphatic heterocycles. The van der Waals surface area contributed by atoms with E-state index >= 15 is 0 Å². The highest BCUT2D eigenvalue weighted by molar-refractivity contribution is 5.91. The molecule has 2 aliphatic rings. The maximum atomic E-state index is 12.2. The van der Waals surface area contributed by atoms with E-state index in [0.717, 1.165) is 35.4 Å². The Morgan fingerprint density at radius 1 is 1.00 bits per heavy atom. The second kappa shape index (κ2) is 5.17. The second-order valence-corrected chi connectivity index (χ2v) is 5.45. The van der Waals surface area contributed by atoms with Crippen LogP contribution in [-0.4, -0.2) is 36.7 Å². The molecule has 0 unspecified atom stereocenters. The minimum atomic E-state index is -0.128. The van der Waals surface area contributed by atoms with Crippen LogP contribution in [0.1, 0.15) is 24.8 Å². The Morgan fingerprint density at radius 3 is 2.47 bits per heavy atom. The fourth-order valence-corrected chi connectivity index (χ4v) is 3.19. The molecule has 19 heavy (non-hydrogen) atoms.